The van der Waals surface area contributed by atoms with Crippen molar-refractivity contribution in [3.05, 3.63) is 11.4 Å². The predicted molar refractivity (Wildman–Crippen MR) is 107 cm³/mol. The van der Waals surface area contributed by atoms with Crippen LogP contribution in [0.3, 0.4) is 0 Å². The van der Waals surface area contributed by atoms with E-state index in [4.69, 9.17) is 0 Å². The van der Waals surface area contributed by atoms with E-state index in [1.807, 2.05) is 0 Å². The Morgan fingerprint density at radius 2 is 1.37 bits per heavy atom. The van der Waals surface area contributed by atoms with Crippen LogP contribution >= 0.6 is 0 Å². The first-order valence-electron chi connectivity index (χ1n) is 10.7. The van der Waals surface area contributed by atoms with Gasteiger partial charge in [0.25, 0.3) is 0 Å². The maximum Gasteiger partial charge on any atom is 0.169 e. The molecule has 0 radical (unpaired) electrons. The van der Waals surface area contributed by atoms with Gasteiger partial charge in [0.2, 0.25) is 0 Å². The summed E-state index contributed by atoms with van der Waals surface area (Å²) in [5, 5.41) is 18.9. The summed E-state index contributed by atoms with van der Waals surface area (Å²) in [6.07, 6.45) is 6.28. The van der Waals surface area contributed by atoms with E-state index in [1.54, 1.807) is 0 Å². The molecule has 6 heteroatoms. The van der Waals surface area contributed by atoms with Crippen LogP contribution in [0.15, 0.2) is 11.4 Å². The summed E-state index contributed by atoms with van der Waals surface area (Å²) < 4.78 is 0. The molecule has 0 unspecified atom stereocenters. The van der Waals surface area contributed by atoms with E-state index in [1.165, 1.54) is 38.8 Å². The average molecular weight is 371 g/mol. The van der Waals surface area contributed by atoms with Crippen molar-refractivity contribution in [1.29, 1.82) is 10.5 Å². The standard InChI is InChI=1S/C21H34N6/c1-18-6-3-8-24(18)10-5-11-26-14-15-27(21(26)20(16-22)17-23)13-12-25-9-4-7-19(25)2/h18-19H,3-15H2,1-2H3/t18-,19+/m0/s1. The van der Waals surface area contributed by atoms with Crippen LogP contribution in [0.2, 0.25) is 0 Å². The molecule has 0 aromatic heterocycles. The fraction of sp³-hybridized carbons (Fsp3) is 0.810. The van der Waals surface area contributed by atoms with E-state index in [-0.39, 0.29) is 5.57 Å². The van der Waals surface area contributed by atoms with Gasteiger partial charge in [0, 0.05) is 51.4 Å². The topological polar surface area (TPSA) is 60.5 Å². The Kier molecular flexibility index (Phi) is 6.99. The summed E-state index contributed by atoms with van der Waals surface area (Å²) in [5.41, 5.74) is 0.275. The van der Waals surface area contributed by atoms with Gasteiger partial charge in [-0.1, -0.05) is 0 Å². The van der Waals surface area contributed by atoms with E-state index in [0.717, 1.165) is 51.5 Å². The maximum atomic E-state index is 9.47. The van der Waals surface area contributed by atoms with Crippen LogP contribution in [-0.4, -0.2) is 84.0 Å². The number of likely N-dealkylation sites (tertiary alicyclic amines) is 2. The third-order valence-corrected chi connectivity index (χ3v) is 6.60. The molecule has 0 amide bonds. The Labute approximate surface area is 164 Å². The lowest BCUT2D eigenvalue weighted by Gasteiger charge is -2.29. The highest BCUT2D eigenvalue weighted by atomic mass is 15.4. The van der Waals surface area contributed by atoms with Crippen molar-refractivity contribution in [2.24, 2.45) is 0 Å². The van der Waals surface area contributed by atoms with Gasteiger partial charge in [-0.15, -0.1) is 0 Å². The van der Waals surface area contributed by atoms with Crippen molar-refractivity contribution in [1.82, 2.24) is 19.6 Å². The van der Waals surface area contributed by atoms with Gasteiger partial charge in [0.1, 0.15) is 18.0 Å². The first-order chi connectivity index (χ1) is 13.1. The lowest BCUT2D eigenvalue weighted by Crippen LogP contribution is -2.36. The van der Waals surface area contributed by atoms with Crippen molar-refractivity contribution in [3.8, 4) is 12.1 Å². The SMILES string of the molecule is C[C@@H]1CCCN1CCN1CCN(CCCN2CCC[C@@H]2C)C1=C(C#N)C#N. The summed E-state index contributed by atoms with van der Waals surface area (Å²) >= 11 is 0. The fourth-order valence-electron chi connectivity index (χ4n) is 4.89. The number of hydrogen-bond donors (Lipinski definition) is 0. The molecule has 0 aromatic carbocycles. The second kappa shape index (κ2) is 9.44. The summed E-state index contributed by atoms with van der Waals surface area (Å²) in [6.45, 7) is 12.8. The van der Waals surface area contributed by atoms with Crippen molar-refractivity contribution in [3.63, 3.8) is 0 Å². The van der Waals surface area contributed by atoms with E-state index >= 15 is 0 Å². The van der Waals surface area contributed by atoms with Gasteiger partial charge >= 0.3 is 0 Å². The van der Waals surface area contributed by atoms with Gasteiger partial charge in [-0.3, -0.25) is 4.90 Å². The molecule has 3 aliphatic heterocycles. The van der Waals surface area contributed by atoms with Crippen molar-refractivity contribution < 1.29 is 0 Å². The molecule has 2 atom stereocenters. The second-order valence-corrected chi connectivity index (χ2v) is 8.30. The smallest absolute Gasteiger partial charge is 0.169 e. The monoisotopic (exact) mass is 370 g/mol. The molecule has 3 fully saturated rings. The highest BCUT2D eigenvalue weighted by molar-refractivity contribution is 5.40. The maximum absolute atomic E-state index is 9.47. The lowest BCUT2D eigenvalue weighted by molar-refractivity contribution is 0.224. The molecule has 0 saturated carbocycles. The molecule has 6 nitrogen and oxygen atoms in total. The third kappa shape index (κ3) is 4.75. The second-order valence-electron chi connectivity index (χ2n) is 8.30. The highest BCUT2D eigenvalue weighted by Crippen LogP contribution is 2.24. The molecular weight excluding hydrogens is 336 g/mol. The van der Waals surface area contributed by atoms with Crippen molar-refractivity contribution >= 4 is 0 Å². The van der Waals surface area contributed by atoms with Gasteiger partial charge in [0.15, 0.2) is 5.57 Å². The quantitative estimate of drug-likeness (QED) is 0.641. The molecule has 0 aromatic rings. The van der Waals surface area contributed by atoms with Crippen LogP contribution in [-0.2, 0) is 0 Å². The molecule has 27 heavy (non-hydrogen) atoms. The van der Waals surface area contributed by atoms with Crippen LogP contribution in [0.4, 0.5) is 0 Å². The van der Waals surface area contributed by atoms with Gasteiger partial charge in [0.05, 0.1) is 0 Å². The summed E-state index contributed by atoms with van der Waals surface area (Å²) in [4.78, 5) is 9.65. The zero-order valence-electron chi connectivity index (χ0n) is 17.0. The third-order valence-electron chi connectivity index (χ3n) is 6.60. The summed E-state index contributed by atoms with van der Waals surface area (Å²) in [6, 6.07) is 5.64. The predicted octanol–water partition coefficient (Wildman–Crippen LogP) is 2.22. The first kappa shape index (κ1) is 20.0. The molecule has 3 aliphatic rings. The van der Waals surface area contributed by atoms with Crippen LogP contribution in [0.25, 0.3) is 0 Å². The molecule has 0 N–H and O–H groups in total. The highest BCUT2D eigenvalue weighted by Gasteiger charge is 2.30. The van der Waals surface area contributed by atoms with Crippen LogP contribution < -0.4 is 0 Å². The van der Waals surface area contributed by atoms with Crippen molar-refractivity contribution in [2.45, 2.75) is 58.0 Å². The van der Waals surface area contributed by atoms with Crippen molar-refractivity contribution in [2.75, 3.05) is 52.4 Å². The number of allylic oxidation sites excluding steroid dienone is 1. The summed E-state index contributed by atoms with van der Waals surface area (Å²) in [7, 11) is 0. The van der Waals surface area contributed by atoms with Crippen LogP contribution in [0.1, 0.15) is 46.0 Å². The van der Waals surface area contributed by atoms with E-state index in [9.17, 15) is 10.5 Å². The Morgan fingerprint density at radius 3 is 1.89 bits per heavy atom. The zero-order chi connectivity index (χ0) is 19.2. The zero-order valence-corrected chi connectivity index (χ0v) is 17.0. The Bertz CT molecular complexity index is 599. The minimum atomic E-state index is 0.275. The molecular formula is C21H34N6. The Balaban J connectivity index is 1.58. The minimum Gasteiger partial charge on any atom is -0.355 e. The van der Waals surface area contributed by atoms with E-state index in [2.05, 4.69) is 45.6 Å². The van der Waals surface area contributed by atoms with Gasteiger partial charge in [-0.25, -0.2) is 0 Å². The lowest BCUT2D eigenvalue weighted by atomic mass is 10.2. The molecule has 3 saturated heterocycles. The minimum absolute atomic E-state index is 0.275. The average Bonchev–Trinajstić information content (AvgIpc) is 3.37. The molecule has 0 bridgehead atoms. The normalized spacial score (nSPS) is 26.6. The Morgan fingerprint density at radius 1 is 0.815 bits per heavy atom. The molecule has 0 spiro atoms. The number of nitrogens with zero attached hydrogens (tertiary/aromatic N) is 6. The molecule has 148 valence electrons. The summed E-state index contributed by atoms with van der Waals surface area (Å²) in [5.74, 6) is 0.876. The van der Waals surface area contributed by atoms with E-state index < -0.39 is 0 Å². The van der Waals surface area contributed by atoms with Gasteiger partial charge < -0.3 is 14.7 Å². The first-order valence-corrected chi connectivity index (χ1v) is 10.7. The fourth-order valence-corrected chi connectivity index (χ4v) is 4.89. The van der Waals surface area contributed by atoms with Crippen LogP contribution in [0, 0.1) is 22.7 Å². The molecule has 3 rings (SSSR count). The number of nitriles is 2. The van der Waals surface area contributed by atoms with E-state index in [0.29, 0.717) is 12.1 Å². The number of rotatable bonds is 7. The Hall–Kier alpha value is -1.76. The van der Waals surface area contributed by atoms with Gasteiger partial charge in [-0.05, 0) is 59.0 Å². The molecule has 3 heterocycles. The largest absolute Gasteiger partial charge is 0.355 e. The number of hydrogen-bond acceptors (Lipinski definition) is 6. The molecule has 0 aliphatic carbocycles. The van der Waals surface area contributed by atoms with Crippen LogP contribution in [0.5, 0.6) is 0 Å². The van der Waals surface area contributed by atoms with Gasteiger partial charge in [-0.2, -0.15) is 10.5 Å².